The Labute approximate surface area is 140 Å². The average Bonchev–Trinajstić information content (AvgIpc) is 2.60. The fourth-order valence-corrected chi connectivity index (χ4v) is 2.09. The molecule has 0 radical (unpaired) electrons. The highest BCUT2D eigenvalue weighted by Gasteiger charge is 2.09. The summed E-state index contributed by atoms with van der Waals surface area (Å²) in [5, 5.41) is 23.8. The van der Waals surface area contributed by atoms with Crippen LogP contribution in [0.2, 0.25) is 0 Å². The Morgan fingerprint density at radius 2 is 1.67 bits per heavy atom. The zero-order chi connectivity index (χ0) is 17.5. The van der Waals surface area contributed by atoms with E-state index in [1.54, 1.807) is 48.5 Å². The molecule has 6 heteroatoms. The molecule has 1 amide bonds. The minimum atomic E-state index is -0.864. The lowest BCUT2D eigenvalue weighted by Crippen LogP contribution is -2.23. The van der Waals surface area contributed by atoms with Crippen LogP contribution in [0.3, 0.4) is 0 Å². The maximum absolute atomic E-state index is 12.3. The summed E-state index contributed by atoms with van der Waals surface area (Å²) in [5.41, 5.74) is 2.17. The fourth-order valence-electron chi connectivity index (χ4n) is 2.09. The van der Waals surface area contributed by atoms with Crippen LogP contribution in [0.15, 0.2) is 48.5 Å². The molecule has 0 saturated carbocycles. The van der Waals surface area contributed by atoms with E-state index in [0.717, 1.165) is 0 Å². The molecule has 0 fully saturated rings. The first-order valence-corrected chi connectivity index (χ1v) is 7.55. The van der Waals surface area contributed by atoms with E-state index in [0.29, 0.717) is 22.5 Å². The minimum Gasteiger partial charge on any atom is -0.394 e. The third kappa shape index (κ3) is 4.91. The molecule has 4 N–H and O–H groups in total. The smallest absolute Gasteiger partial charge is 0.255 e. The van der Waals surface area contributed by atoms with Crippen molar-refractivity contribution >= 4 is 23.1 Å². The van der Waals surface area contributed by atoms with E-state index in [-0.39, 0.29) is 24.8 Å². The topological polar surface area (TPSA) is 98.7 Å². The number of hydrogen-bond acceptors (Lipinski definition) is 5. The van der Waals surface area contributed by atoms with Crippen LogP contribution >= 0.6 is 0 Å². The second-order valence-electron chi connectivity index (χ2n) is 5.39. The predicted octanol–water partition coefficient (Wildman–Crippen LogP) is 1.91. The number of carbonyl (C=O) groups is 2. The van der Waals surface area contributed by atoms with Crippen molar-refractivity contribution in [1.29, 1.82) is 0 Å². The van der Waals surface area contributed by atoms with Crippen LogP contribution in [0.5, 0.6) is 0 Å². The SMILES string of the molecule is CC(=O)c1cccc(NC(=O)c2cccc(NCC(O)CO)c2)c1. The number of carbonyl (C=O) groups excluding carboxylic acids is 2. The fraction of sp³-hybridized carbons (Fsp3) is 0.222. The highest BCUT2D eigenvalue weighted by atomic mass is 16.3. The molecule has 0 bridgehead atoms. The van der Waals surface area contributed by atoms with E-state index in [1.165, 1.54) is 6.92 Å². The van der Waals surface area contributed by atoms with Crippen LogP contribution in [0.25, 0.3) is 0 Å². The molecule has 0 heterocycles. The van der Waals surface area contributed by atoms with Gasteiger partial charge in [-0.1, -0.05) is 18.2 Å². The first-order chi connectivity index (χ1) is 11.5. The number of ketones is 1. The lowest BCUT2D eigenvalue weighted by atomic mass is 10.1. The van der Waals surface area contributed by atoms with Gasteiger partial charge in [-0.25, -0.2) is 0 Å². The van der Waals surface area contributed by atoms with Crippen molar-refractivity contribution in [1.82, 2.24) is 0 Å². The highest BCUT2D eigenvalue weighted by Crippen LogP contribution is 2.15. The van der Waals surface area contributed by atoms with Gasteiger partial charge in [0.15, 0.2) is 5.78 Å². The van der Waals surface area contributed by atoms with Gasteiger partial charge >= 0.3 is 0 Å². The number of Topliss-reactive ketones (excluding diaryl/α,β-unsaturated/α-hetero) is 1. The Kier molecular flexibility index (Phi) is 6.06. The van der Waals surface area contributed by atoms with Crippen molar-refractivity contribution in [3.8, 4) is 0 Å². The molecule has 1 unspecified atom stereocenters. The van der Waals surface area contributed by atoms with E-state index in [1.807, 2.05) is 0 Å². The molecule has 2 aromatic rings. The number of hydrogen-bond donors (Lipinski definition) is 4. The number of benzene rings is 2. The zero-order valence-electron chi connectivity index (χ0n) is 13.3. The summed E-state index contributed by atoms with van der Waals surface area (Å²) in [6.07, 6.45) is -0.864. The summed E-state index contributed by atoms with van der Waals surface area (Å²) >= 11 is 0. The van der Waals surface area contributed by atoms with Gasteiger partial charge in [-0.15, -0.1) is 0 Å². The first-order valence-electron chi connectivity index (χ1n) is 7.55. The molecular formula is C18H20N2O4. The Hall–Kier alpha value is -2.70. The van der Waals surface area contributed by atoms with Gasteiger partial charge in [-0.2, -0.15) is 0 Å². The summed E-state index contributed by atoms with van der Waals surface area (Å²) in [6, 6.07) is 13.5. The molecule has 0 aliphatic heterocycles. The van der Waals surface area contributed by atoms with Crippen molar-refractivity contribution in [3.63, 3.8) is 0 Å². The van der Waals surface area contributed by atoms with Crippen LogP contribution < -0.4 is 10.6 Å². The van der Waals surface area contributed by atoms with E-state index in [9.17, 15) is 14.7 Å². The average molecular weight is 328 g/mol. The molecule has 2 rings (SSSR count). The van der Waals surface area contributed by atoms with Gasteiger partial charge in [0.1, 0.15) is 0 Å². The number of rotatable bonds is 7. The molecule has 0 aromatic heterocycles. The standard InChI is InChI=1S/C18H20N2O4/c1-12(22)13-4-2-7-16(8-13)20-18(24)14-5-3-6-15(9-14)19-10-17(23)11-21/h2-9,17,19,21,23H,10-11H2,1H3,(H,20,24). The van der Waals surface area contributed by atoms with Crippen molar-refractivity contribution in [2.45, 2.75) is 13.0 Å². The summed E-state index contributed by atoms with van der Waals surface area (Å²) in [6.45, 7) is 1.32. The quantitative estimate of drug-likeness (QED) is 0.582. The maximum atomic E-state index is 12.3. The van der Waals surface area contributed by atoms with Gasteiger partial charge in [0.2, 0.25) is 0 Å². The predicted molar refractivity (Wildman–Crippen MR) is 92.4 cm³/mol. The van der Waals surface area contributed by atoms with Crippen molar-refractivity contribution in [3.05, 3.63) is 59.7 Å². The van der Waals surface area contributed by atoms with E-state index in [2.05, 4.69) is 10.6 Å². The lowest BCUT2D eigenvalue weighted by Gasteiger charge is -2.11. The highest BCUT2D eigenvalue weighted by molar-refractivity contribution is 6.05. The molecule has 6 nitrogen and oxygen atoms in total. The first kappa shape index (κ1) is 17.7. The minimum absolute atomic E-state index is 0.0697. The molecule has 1 atom stereocenters. The third-order valence-electron chi connectivity index (χ3n) is 3.40. The van der Waals surface area contributed by atoms with E-state index >= 15 is 0 Å². The van der Waals surface area contributed by atoms with Crippen LogP contribution in [0, 0.1) is 0 Å². The Morgan fingerprint density at radius 3 is 2.33 bits per heavy atom. The molecule has 0 aliphatic rings. The third-order valence-corrected chi connectivity index (χ3v) is 3.40. The molecule has 126 valence electrons. The van der Waals surface area contributed by atoms with Crippen molar-refractivity contribution in [2.24, 2.45) is 0 Å². The molecule has 0 aliphatic carbocycles. The Bertz CT molecular complexity index is 730. The second kappa shape index (κ2) is 8.24. The van der Waals surface area contributed by atoms with Crippen LogP contribution in [-0.4, -0.2) is 41.2 Å². The van der Waals surface area contributed by atoms with Crippen LogP contribution in [-0.2, 0) is 0 Å². The van der Waals surface area contributed by atoms with Crippen LogP contribution in [0.4, 0.5) is 11.4 Å². The summed E-state index contributed by atoms with van der Waals surface area (Å²) in [5.74, 6) is -0.373. The van der Waals surface area contributed by atoms with Gasteiger partial charge in [0.25, 0.3) is 5.91 Å². The van der Waals surface area contributed by atoms with Gasteiger partial charge in [-0.3, -0.25) is 9.59 Å². The van der Waals surface area contributed by atoms with Crippen LogP contribution in [0.1, 0.15) is 27.6 Å². The van der Waals surface area contributed by atoms with Gasteiger partial charge in [-0.05, 0) is 37.3 Å². The summed E-state index contributed by atoms with van der Waals surface area (Å²) in [7, 11) is 0. The molecule has 0 spiro atoms. The molecule has 24 heavy (non-hydrogen) atoms. The summed E-state index contributed by atoms with van der Waals surface area (Å²) in [4.78, 5) is 23.7. The van der Waals surface area contributed by atoms with Gasteiger partial charge < -0.3 is 20.8 Å². The zero-order valence-corrected chi connectivity index (χ0v) is 13.3. The molecule has 0 saturated heterocycles. The number of aliphatic hydroxyl groups excluding tert-OH is 2. The maximum Gasteiger partial charge on any atom is 0.255 e. The van der Waals surface area contributed by atoms with Crippen molar-refractivity contribution < 1.29 is 19.8 Å². The largest absolute Gasteiger partial charge is 0.394 e. The molecule has 2 aromatic carbocycles. The van der Waals surface area contributed by atoms with E-state index in [4.69, 9.17) is 5.11 Å². The number of aliphatic hydroxyl groups is 2. The van der Waals surface area contributed by atoms with Gasteiger partial charge in [0.05, 0.1) is 12.7 Å². The van der Waals surface area contributed by atoms with Gasteiger partial charge in [0, 0.05) is 29.0 Å². The summed E-state index contributed by atoms with van der Waals surface area (Å²) < 4.78 is 0. The molecular weight excluding hydrogens is 308 g/mol. The normalized spacial score (nSPS) is 11.6. The lowest BCUT2D eigenvalue weighted by molar-refractivity contribution is 0.101. The second-order valence-corrected chi connectivity index (χ2v) is 5.39. The number of anilines is 2. The van der Waals surface area contributed by atoms with Crippen molar-refractivity contribution in [2.75, 3.05) is 23.8 Å². The Morgan fingerprint density at radius 1 is 1.04 bits per heavy atom. The monoisotopic (exact) mass is 328 g/mol. The number of amides is 1. The van der Waals surface area contributed by atoms with E-state index < -0.39 is 6.10 Å². The Balaban J connectivity index is 2.07. The number of nitrogens with one attached hydrogen (secondary N) is 2.